The fourth-order valence-corrected chi connectivity index (χ4v) is 4.57. The Bertz CT molecular complexity index is 806. The Hall–Kier alpha value is -2.08. The molecule has 0 bridgehead atoms. The van der Waals surface area contributed by atoms with E-state index in [0.29, 0.717) is 23.9 Å². The van der Waals surface area contributed by atoms with Crippen LogP contribution < -0.4 is 14.8 Å². The molecule has 1 aromatic carbocycles. The van der Waals surface area contributed by atoms with E-state index < -0.39 is 0 Å². The van der Waals surface area contributed by atoms with Crippen LogP contribution >= 0.6 is 12.2 Å². The first-order chi connectivity index (χ1) is 14.6. The maximum absolute atomic E-state index is 12.9. The van der Waals surface area contributed by atoms with Crippen molar-refractivity contribution < 1.29 is 14.3 Å². The number of nitrogens with one attached hydrogen (secondary N) is 1. The number of hydrogen-bond donors (Lipinski definition) is 1. The lowest BCUT2D eigenvalue weighted by Crippen LogP contribution is -2.49. The maximum Gasteiger partial charge on any atom is 0.173 e. The van der Waals surface area contributed by atoms with Crippen LogP contribution in [-0.2, 0) is 4.79 Å². The van der Waals surface area contributed by atoms with E-state index in [9.17, 15) is 4.79 Å². The number of Topliss-reactive ketones (excluding diaryl/α,β-unsaturated/α-hetero) is 1. The Labute approximate surface area is 185 Å². The Morgan fingerprint density at radius 2 is 1.97 bits per heavy atom. The third kappa shape index (κ3) is 4.97. The number of methoxy groups -OCH3 is 1. The van der Waals surface area contributed by atoms with Crippen molar-refractivity contribution in [1.29, 1.82) is 0 Å². The van der Waals surface area contributed by atoms with E-state index in [1.165, 1.54) is 19.3 Å². The highest BCUT2D eigenvalue weighted by molar-refractivity contribution is 7.80. The van der Waals surface area contributed by atoms with E-state index in [4.69, 9.17) is 21.7 Å². The van der Waals surface area contributed by atoms with Crippen molar-refractivity contribution in [1.82, 2.24) is 10.2 Å². The lowest BCUT2D eigenvalue weighted by atomic mass is 9.84. The standard InChI is InChI=1S/C24H34N2O3S/c1-4-6-7-8-15-29-20-13-12-17(16-21(20)28-3)23-22-18(10-9-11-19(22)27)26(14-5-2)24(30)25-23/h12-13,16,23H,4-11,14-15H2,1-3H3,(H,25,30). The molecule has 1 unspecified atom stereocenters. The molecule has 1 atom stereocenters. The largest absolute Gasteiger partial charge is 0.493 e. The molecule has 30 heavy (non-hydrogen) atoms. The number of ketones is 1. The monoisotopic (exact) mass is 430 g/mol. The molecule has 1 aromatic rings. The number of carbonyl (C=O) groups excluding carboxylic acids is 1. The third-order valence-electron chi connectivity index (χ3n) is 5.78. The zero-order chi connectivity index (χ0) is 21.5. The molecule has 164 valence electrons. The van der Waals surface area contributed by atoms with Crippen molar-refractivity contribution in [2.24, 2.45) is 0 Å². The molecule has 1 aliphatic carbocycles. The van der Waals surface area contributed by atoms with Crippen LogP contribution in [0, 0.1) is 0 Å². The SMILES string of the molecule is CCCCCCOc1ccc(C2NC(=S)N(CCC)C3=C2C(=O)CCC3)cc1OC. The quantitative estimate of drug-likeness (QED) is 0.401. The van der Waals surface area contributed by atoms with Crippen LogP contribution in [0.2, 0.25) is 0 Å². The minimum Gasteiger partial charge on any atom is -0.493 e. The summed E-state index contributed by atoms with van der Waals surface area (Å²) < 4.78 is 11.6. The Morgan fingerprint density at radius 1 is 1.13 bits per heavy atom. The highest BCUT2D eigenvalue weighted by atomic mass is 32.1. The average Bonchev–Trinajstić information content (AvgIpc) is 2.75. The Balaban J connectivity index is 1.86. The van der Waals surface area contributed by atoms with E-state index in [1.807, 2.05) is 18.2 Å². The van der Waals surface area contributed by atoms with Gasteiger partial charge in [-0.15, -0.1) is 0 Å². The molecule has 1 N–H and O–H groups in total. The first kappa shape index (κ1) is 22.6. The van der Waals surface area contributed by atoms with Gasteiger partial charge in [-0.25, -0.2) is 0 Å². The molecular weight excluding hydrogens is 396 g/mol. The van der Waals surface area contributed by atoms with Crippen molar-refractivity contribution in [3.63, 3.8) is 0 Å². The molecular formula is C24H34N2O3S. The molecule has 3 rings (SSSR count). The van der Waals surface area contributed by atoms with E-state index in [1.54, 1.807) is 7.11 Å². The van der Waals surface area contributed by atoms with Gasteiger partial charge in [0.05, 0.1) is 19.8 Å². The molecule has 0 fully saturated rings. The summed E-state index contributed by atoms with van der Waals surface area (Å²) in [5.41, 5.74) is 2.93. The van der Waals surface area contributed by atoms with Crippen molar-refractivity contribution >= 4 is 23.1 Å². The summed E-state index contributed by atoms with van der Waals surface area (Å²) in [6.45, 7) is 5.85. The second-order valence-electron chi connectivity index (χ2n) is 7.99. The minimum atomic E-state index is -0.235. The van der Waals surface area contributed by atoms with Gasteiger partial charge in [0.25, 0.3) is 0 Å². The average molecular weight is 431 g/mol. The van der Waals surface area contributed by atoms with E-state index in [0.717, 1.165) is 54.8 Å². The Morgan fingerprint density at radius 3 is 2.70 bits per heavy atom. The van der Waals surface area contributed by atoms with E-state index >= 15 is 0 Å². The van der Waals surface area contributed by atoms with Crippen LogP contribution in [0.4, 0.5) is 0 Å². The number of carbonyl (C=O) groups is 1. The number of hydrogen-bond acceptors (Lipinski definition) is 4. The normalized spacial score (nSPS) is 18.9. The summed E-state index contributed by atoms with van der Waals surface area (Å²) >= 11 is 5.67. The van der Waals surface area contributed by atoms with Crippen molar-refractivity contribution in [3.05, 3.63) is 35.0 Å². The summed E-state index contributed by atoms with van der Waals surface area (Å²) in [6, 6.07) is 5.71. The van der Waals surface area contributed by atoms with Gasteiger partial charge >= 0.3 is 0 Å². The van der Waals surface area contributed by atoms with Gasteiger partial charge in [-0.3, -0.25) is 4.79 Å². The highest BCUT2D eigenvalue weighted by Gasteiger charge is 2.37. The van der Waals surface area contributed by atoms with Crippen molar-refractivity contribution in [3.8, 4) is 11.5 Å². The van der Waals surface area contributed by atoms with Crippen LogP contribution in [-0.4, -0.2) is 36.1 Å². The zero-order valence-electron chi connectivity index (χ0n) is 18.5. The van der Waals surface area contributed by atoms with Crippen molar-refractivity contribution in [2.45, 2.75) is 71.3 Å². The lowest BCUT2D eigenvalue weighted by Gasteiger charge is -2.41. The number of ether oxygens (including phenoxy) is 2. The van der Waals surface area contributed by atoms with Crippen molar-refractivity contribution in [2.75, 3.05) is 20.3 Å². The summed E-state index contributed by atoms with van der Waals surface area (Å²) in [4.78, 5) is 15.0. The van der Waals surface area contributed by atoms with Gasteiger partial charge in [-0.2, -0.15) is 0 Å². The van der Waals surface area contributed by atoms with Gasteiger partial charge in [-0.1, -0.05) is 39.2 Å². The first-order valence-electron chi connectivity index (χ1n) is 11.3. The molecule has 0 spiro atoms. The fraction of sp³-hybridized carbons (Fsp3) is 0.583. The van der Waals surface area contributed by atoms with Crippen LogP contribution in [0.1, 0.15) is 76.8 Å². The summed E-state index contributed by atoms with van der Waals surface area (Å²) in [6.07, 6.45) is 8.02. The molecule has 0 radical (unpaired) electrons. The molecule has 0 aromatic heterocycles. The predicted octanol–water partition coefficient (Wildman–Crippen LogP) is 5.30. The number of benzene rings is 1. The molecule has 0 amide bonds. The first-order valence-corrected chi connectivity index (χ1v) is 11.7. The topological polar surface area (TPSA) is 50.8 Å². The van der Waals surface area contributed by atoms with Gasteiger partial charge in [0.2, 0.25) is 0 Å². The predicted molar refractivity (Wildman–Crippen MR) is 124 cm³/mol. The molecule has 1 aliphatic heterocycles. The van der Waals surface area contributed by atoms with Crippen LogP contribution in [0.25, 0.3) is 0 Å². The Kier molecular flexibility index (Phi) is 8.14. The number of thiocarbonyl (C=S) groups is 1. The van der Waals surface area contributed by atoms with E-state index in [2.05, 4.69) is 24.1 Å². The molecule has 0 saturated heterocycles. The van der Waals surface area contributed by atoms with E-state index in [-0.39, 0.29) is 11.8 Å². The molecule has 0 saturated carbocycles. The van der Waals surface area contributed by atoms with Gasteiger partial charge in [0, 0.05) is 24.2 Å². The smallest absolute Gasteiger partial charge is 0.173 e. The van der Waals surface area contributed by atoms with Crippen LogP contribution in [0.3, 0.4) is 0 Å². The number of unbranched alkanes of at least 4 members (excludes halogenated alkanes) is 3. The van der Waals surface area contributed by atoms with Crippen LogP contribution in [0.5, 0.6) is 11.5 Å². The van der Waals surface area contributed by atoms with Gasteiger partial charge in [-0.05, 0) is 55.6 Å². The number of allylic oxidation sites excluding steroid dienone is 1. The molecule has 2 aliphatic rings. The number of rotatable bonds is 10. The summed E-state index contributed by atoms with van der Waals surface area (Å²) in [7, 11) is 1.65. The fourth-order valence-electron chi connectivity index (χ4n) is 4.25. The van der Waals surface area contributed by atoms with Crippen LogP contribution in [0.15, 0.2) is 29.5 Å². The zero-order valence-corrected chi connectivity index (χ0v) is 19.3. The van der Waals surface area contributed by atoms with Gasteiger partial charge < -0.3 is 19.7 Å². The third-order valence-corrected chi connectivity index (χ3v) is 6.12. The maximum atomic E-state index is 12.9. The lowest BCUT2D eigenvalue weighted by molar-refractivity contribution is -0.116. The number of nitrogens with zero attached hydrogens (tertiary/aromatic N) is 1. The van der Waals surface area contributed by atoms with Gasteiger partial charge in [0.15, 0.2) is 22.4 Å². The molecule has 5 nitrogen and oxygen atoms in total. The molecule has 6 heteroatoms. The second-order valence-corrected chi connectivity index (χ2v) is 8.38. The summed E-state index contributed by atoms with van der Waals surface area (Å²) in [5, 5.41) is 4.12. The minimum absolute atomic E-state index is 0.215. The highest BCUT2D eigenvalue weighted by Crippen LogP contribution is 2.39. The van der Waals surface area contributed by atoms with Gasteiger partial charge in [0.1, 0.15) is 0 Å². The summed E-state index contributed by atoms with van der Waals surface area (Å²) in [5.74, 6) is 1.65. The molecule has 1 heterocycles. The second kappa shape index (κ2) is 10.8.